The predicted octanol–water partition coefficient (Wildman–Crippen LogP) is 6.51. The zero-order chi connectivity index (χ0) is 27.6. The molecule has 39 heavy (non-hydrogen) atoms. The van der Waals surface area contributed by atoms with Gasteiger partial charge in [-0.1, -0.05) is 49.4 Å². The molecular formula is C31H29N3O4S. The molecule has 0 aliphatic carbocycles. The standard InChI is InChI=1S/C31H29N3O4S/c1-3-28(31(37)33-26-17-8-7-11-21(26)2)39-25-16-9-14-23(19-25)32-30(36)27(20-24-15-10-18-38-24)34-29(35)22-12-5-4-6-13-22/h4-20,28H,3H2,1-2H3,(H,32,36)(H,33,37)(H,34,35)/b27-20-. The van der Waals surface area contributed by atoms with Gasteiger partial charge in [-0.15, -0.1) is 11.8 Å². The maximum Gasteiger partial charge on any atom is 0.272 e. The maximum atomic E-state index is 13.2. The highest BCUT2D eigenvalue weighted by Gasteiger charge is 2.20. The average molecular weight is 540 g/mol. The van der Waals surface area contributed by atoms with Gasteiger partial charge in [0.2, 0.25) is 5.91 Å². The normalized spacial score (nSPS) is 11.9. The molecule has 4 aromatic rings. The van der Waals surface area contributed by atoms with E-state index in [0.717, 1.165) is 16.1 Å². The van der Waals surface area contributed by atoms with Crippen LogP contribution in [0.1, 0.15) is 35.0 Å². The summed E-state index contributed by atoms with van der Waals surface area (Å²) in [4.78, 5) is 39.8. The fourth-order valence-corrected chi connectivity index (χ4v) is 4.73. The Hall–Kier alpha value is -4.56. The molecule has 0 aliphatic rings. The van der Waals surface area contributed by atoms with Crippen molar-refractivity contribution in [2.45, 2.75) is 30.4 Å². The molecule has 8 heteroatoms. The Morgan fingerprint density at radius 2 is 1.67 bits per heavy atom. The fraction of sp³-hybridized carbons (Fsp3) is 0.129. The van der Waals surface area contributed by atoms with Crippen molar-refractivity contribution in [1.82, 2.24) is 5.32 Å². The molecule has 0 saturated carbocycles. The van der Waals surface area contributed by atoms with Crippen LogP contribution in [0.25, 0.3) is 6.08 Å². The van der Waals surface area contributed by atoms with Gasteiger partial charge in [-0.05, 0) is 67.4 Å². The summed E-state index contributed by atoms with van der Waals surface area (Å²) in [7, 11) is 0. The number of aryl methyl sites for hydroxylation is 1. The number of thioether (sulfide) groups is 1. The van der Waals surface area contributed by atoms with Crippen molar-refractivity contribution in [1.29, 1.82) is 0 Å². The quantitative estimate of drug-likeness (QED) is 0.158. The third kappa shape index (κ3) is 7.72. The van der Waals surface area contributed by atoms with Crippen molar-refractivity contribution in [2.24, 2.45) is 0 Å². The number of nitrogens with one attached hydrogen (secondary N) is 3. The second kappa shape index (κ2) is 13.3. The van der Waals surface area contributed by atoms with Crippen LogP contribution in [0.4, 0.5) is 11.4 Å². The topological polar surface area (TPSA) is 100 Å². The molecule has 0 aliphatic heterocycles. The van der Waals surface area contributed by atoms with E-state index < -0.39 is 11.8 Å². The van der Waals surface area contributed by atoms with E-state index in [-0.39, 0.29) is 16.9 Å². The van der Waals surface area contributed by atoms with E-state index in [0.29, 0.717) is 23.4 Å². The molecule has 1 unspecified atom stereocenters. The van der Waals surface area contributed by atoms with Crippen molar-refractivity contribution in [3.05, 3.63) is 120 Å². The molecule has 3 N–H and O–H groups in total. The fourth-order valence-electron chi connectivity index (χ4n) is 3.72. The number of carbonyl (C=O) groups is 3. The molecule has 0 spiro atoms. The molecular weight excluding hydrogens is 510 g/mol. The number of benzene rings is 3. The van der Waals surface area contributed by atoms with Crippen molar-refractivity contribution in [3.8, 4) is 0 Å². The lowest BCUT2D eigenvalue weighted by molar-refractivity contribution is -0.116. The van der Waals surface area contributed by atoms with E-state index in [1.165, 1.54) is 24.1 Å². The summed E-state index contributed by atoms with van der Waals surface area (Å²) < 4.78 is 5.35. The molecule has 0 bridgehead atoms. The molecule has 3 aromatic carbocycles. The maximum absolute atomic E-state index is 13.2. The minimum Gasteiger partial charge on any atom is -0.465 e. The van der Waals surface area contributed by atoms with Crippen LogP contribution in [0.5, 0.6) is 0 Å². The summed E-state index contributed by atoms with van der Waals surface area (Å²) in [6.45, 7) is 3.91. The van der Waals surface area contributed by atoms with E-state index in [2.05, 4.69) is 16.0 Å². The molecule has 1 atom stereocenters. The molecule has 1 heterocycles. The lowest BCUT2D eigenvalue weighted by atomic mass is 10.2. The zero-order valence-corrected chi connectivity index (χ0v) is 22.5. The molecule has 1 aromatic heterocycles. The van der Waals surface area contributed by atoms with Gasteiger partial charge in [0.25, 0.3) is 11.8 Å². The summed E-state index contributed by atoms with van der Waals surface area (Å²) in [6.07, 6.45) is 3.58. The third-order valence-electron chi connectivity index (χ3n) is 5.79. The summed E-state index contributed by atoms with van der Waals surface area (Å²) in [5.74, 6) is -0.595. The minimum atomic E-state index is -0.512. The summed E-state index contributed by atoms with van der Waals surface area (Å²) in [6, 6.07) is 26.9. The highest BCUT2D eigenvalue weighted by atomic mass is 32.2. The van der Waals surface area contributed by atoms with Crippen molar-refractivity contribution < 1.29 is 18.8 Å². The van der Waals surface area contributed by atoms with Gasteiger partial charge in [0.05, 0.1) is 11.5 Å². The molecule has 0 radical (unpaired) electrons. The first-order chi connectivity index (χ1) is 18.9. The number of para-hydroxylation sites is 1. The molecule has 7 nitrogen and oxygen atoms in total. The molecule has 0 saturated heterocycles. The van der Waals surface area contributed by atoms with E-state index in [1.807, 2.05) is 56.3 Å². The Morgan fingerprint density at radius 1 is 0.897 bits per heavy atom. The Bertz CT molecular complexity index is 1470. The van der Waals surface area contributed by atoms with Crippen molar-refractivity contribution >= 4 is 46.9 Å². The van der Waals surface area contributed by atoms with Gasteiger partial charge >= 0.3 is 0 Å². The van der Waals surface area contributed by atoms with Crippen LogP contribution >= 0.6 is 11.8 Å². The van der Waals surface area contributed by atoms with Crippen LogP contribution in [0.2, 0.25) is 0 Å². The van der Waals surface area contributed by atoms with E-state index in [9.17, 15) is 14.4 Å². The lowest BCUT2D eigenvalue weighted by Crippen LogP contribution is -2.30. The Balaban J connectivity index is 1.47. The Morgan fingerprint density at radius 3 is 2.38 bits per heavy atom. The first kappa shape index (κ1) is 27.5. The SMILES string of the molecule is CCC(Sc1cccc(NC(=O)/C(=C/c2ccco2)NC(=O)c2ccccc2)c1)C(=O)Nc1ccccc1C. The van der Waals surface area contributed by atoms with E-state index >= 15 is 0 Å². The number of furan rings is 1. The predicted molar refractivity (Wildman–Crippen MR) is 155 cm³/mol. The van der Waals surface area contributed by atoms with Gasteiger partial charge in [0.15, 0.2) is 0 Å². The van der Waals surface area contributed by atoms with Gasteiger partial charge in [0.1, 0.15) is 11.5 Å². The summed E-state index contributed by atoms with van der Waals surface area (Å²) in [5.41, 5.74) is 2.76. The van der Waals surface area contributed by atoms with Crippen LogP contribution in [0, 0.1) is 6.92 Å². The molecule has 3 amide bonds. The van der Waals surface area contributed by atoms with Crippen LogP contribution in [0.3, 0.4) is 0 Å². The molecule has 198 valence electrons. The number of hydrogen-bond donors (Lipinski definition) is 3. The first-order valence-electron chi connectivity index (χ1n) is 12.5. The molecule has 0 fully saturated rings. The Labute approximate surface area is 231 Å². The van der Waals surface area contributed by atoms with Crippen LogP contribution in [-0.4, -0.2) is 23.0 Å². The number of anilines is 2. The van der Waals surface area contributed by atoms with Crippen LogP contribution in [-0.2, 0) is 9.59 Å². The highest BCUT2D eigenvalue weighted by Crippen LogP contribution is 2.29. The summed E-state index contributed by atoms with van der Waals surface area (Å²) in [5, 5.41) is 8.21. The second-order valence-electron chi connectivity index (χ2n) is 8.69. The van der Waals surface area contributed by atoms with Gasteiger partial charge in [0, 0.05) is 27.9 Å². The minimum absolute atomic E-state index is 0.0286. The summed E-state index contributed by atoms with van der Waals surface area (Å²) >= 11 is 1.42. The van der Waals surface area contributed by atoms with Gasteiger partial charge in [-0.3, -0.25) is 14.4 Å². The highest BCUT2D eigenvalue weighted by molar-refractivity contribution is 8.00. The zero-order valence-electron chi connectivity index (χ0n) is 21.6. The number of hydrogen-bond acceptors (Lipinski definition) is 5. The van der Waals surface area contributed by atoms with E-state index in [1.54, 1.807) is 48.5 Å². The average Bonchev–Trinajstić information content (AvgIpc) is 3.46. The van der Waals surface area contributed by atoms with E-state index in [4.69, 9.17) is 4.42 Å². The van der Waals surface area contributed by atoms with Gasteiger partial charge in [-0.25, -0.2) is 0 Å². The Kier molecular flexibility index (Phi) is 9.37. The van der Waals surface area contributed by atoms with Crippen LogP contribution < -0.4 is 16.0 Å². The second-order valence-corrected chi connectivity index (χ2v) is 9.97. The number of amides is 3. The van der Waals surface area contributed by atoms with Crippen LogP contribution in [0.15, 0.2) is 112 Å². The number of rotatable bonds is 10. The van der Waals surface area contributed by atoms with Crippen molar-refractivity contribution in [2.75, 3.05) is 10.6 Å². The first-order valence-corrected chi connectivity index (χ1v) is 13.4. The van der Waals surface area contributed by atoms with Gasteiger partial charge < -0.3 is 20.4 Å². The largest absolute Gasteiger partial charge is 0.465 e. The molecule has 4 rings (SSSR count). The number of carbonyl (C=O) groups excluding carboxylic acids is 3. The van der Waals surface area contributed by atoms with Crippen molar-refractivity contribution in [3.63, 3.8) is 0 Å². The monoisotopic (exact) mass is 539 g/mol. The smallest absolute Gasteiger partial charge is 0.272 e. The van der Waals surface area contributed by atoms with Gasteiger partial charge in [-0.2, -0.15) is 0 Å². The third-order valence-corrected chi connectivity index (χ3v) is 7.15. The lowest BCUT2D eigenvalue weighted by Gasteiger charge is -2.16.